The van der Waals surface area contributed by atoms with E-state index in [2.05, 4.69) is 10.6 Å². The standard InChI is InChI=1S/C18H21FN2O2/c1-13(2)23-17-9-4-3-8-16(17)20-11-10-18(22)21-15-7-5-6-14(19)12-15/h3-9,12-13,20H,10-11H2,1-2H3,(H,21,22). The lowest BCUT2D eigenvalue weighted by Crippen LogP contribution is -2.17. The Kier molecular flexibility index (Phi) is 5.97. The first kappa shape index (κ1) is 16.8. The number of anilines is 2. The number of carbonyl (C=O) groups is 1. The van der Waals surface area contributed by atoms with E-state index in [0.29, 0.717) is 12.2 Å². The summed E-state index contributed by atoms with van der Waals surface area (Å²) in [5.41, 5.74) is 1.30. The van der Waals surface area contributed by atoms with Gasteiger partial charge in [0.2, 0.25) is 5.91 Å². The second kappa shape index (κ2) is 8.17. The van der Waals surface area contributed by atoms with Crippen LogP contribution in [0.15, 0.2) is 48.5 Å². The van der Waals surface area contributed by atoms with E-state index in [9.17, 15) is 9.18 Å². The predicted molar refractivity (Wildman–Crippen MR) is 90.3 cm³/mol. The average Bonchev–Trinajstić information content (AvgIpc) is 2.48. The van der Waals surface area contributed by atoms with Crippen LogP contribution in [0.5, 0.6) is 5.75 Å². The molecule has 0 saturated carbocycles. The van der Waals surface area contributed by atoms with Gasteiger partial charge in [0.15, 0.2) is 0 Å². The minimum absolute atomic E-state index is 0.0780. The monoisotopic (exact) mass is 316 g/mol. The van der Waals surface area contributed by atoms with Crippen molar-refractivity contribution in [1.29, 1.82) is 0 Å². The van der Waals surface area contributed by atoms with E-state index in [1.165, 1.54) is 12.1 Å². The van der Waals surface area contributed by atoms with Crippen molar-refractivity contribution in [1.82, 2.24) is 0 Å². The molecule has 0 spiro atoms. The van der Waals surface area contributed by atoms with E-state index in [0.717, 1.165) is 11.4 Å². The molecule has 0 radical (unpaired) electrons. The molecule has 122 valence electrons. The summed E-state index contributed by atoms with van der Waals surface area (Å²) in [5, 5.41) is 5.85. The highest BCUT2D eigenvalue weighted by molar-refractivity contribution is 5.91. The molecule has 2 aromatic rings. The molecule has 4 nitrogen and oxygen atoms in total. The molecule has 23 heavy (non-hydrogen) atoms. The highest BCUT2D eigenvalue weighted by Gasteiger charge is 2.06. The lowest BCUT2D eigenvalue weighted by atomic mass is 10.2. The molecule has 2 N–H and O–H groups in total. The van der Waals surface area contributed by atoms with Gasteiger partial charge in [-0.3, -0.25) is 4.79 Å². The lowest BCUT2D eigenvalue weighted by Gasteiger charge is -2.15. The van der Waals surface area contributed by atoms with Crippen molar-refractivity contribution in [3.05, 3.63) is 54.3 Å². The lowest BCUT2D eigenvalue weighted by molar-refractivity contribution is -0.115. The Morgan fingerprint density at radius 2 is 1.96 bits per heavy atom. The van der Waals surface area contributed by atoms with Gasteiger partial charge >= 0.3 is 0 Å². The van der Waals surface area contributed by atoms with Gasteiger partial charge in [-0.05, 0) is 44.2 Å². The zero-order valence-corrected chi connectivity index (χ0v) is 13.3. The van der Waals surface area contributed by atoms with Crippen LogP contribution in [0.25, 0.3) is 0 Å². The maximum atomic E-state index is 13.1. The smallest absolute Gasteiger partial charge is 0.226 e. The molecule has 2 rings (SSSR count). The fourth-order valence-electron chi connectivity index (χ4n) is 2.07. The van der Waals surface area contributed by atoms with Gasteiger partial charge in [-0.2, -0.15) is 0 Å². The summed E-state index contributed by atoms with van der Waals surface area (Å²) in [5.74, 6) is 0.207. The Morgan fingerprint density at radius 1 is 1.17 bits per heavy atom. The molecule has 0 aliphatic heterocycles. The summed E-state index contributed by atoms with van der Waals surface area (Å²) in [4.78, 5) is 11.9. The molecule has 0 fully saturated rings. The van der Waals surface area contributed by atoms with Gasteiger partial charge in [0, 0.05) is 18.7 Å². The summed E-state index contributed by atoms with van der Waals surface area (Å²) < 4.78 is 18.8. The van der Waals surface area contributed by atoms with Crippen LogP contribution < -0.4 is 15.4 Å². The van der Waals surface area contributed by atoms with E-state index < -0.39 is 0 Å². The Balaban J connectivity index is 1.84. The van der Waals surface area contributed by atoms with Crippen LogP contribution in [0.3, 0.4) is 0 Å². The molecule has 0 unspecified atom stereocenters. The third kappa shape index (κ3) is 5.62. The van der Waals surface area contributed by atoms with Gasteiger partial charge < -0.3 is 15.4 Å². The van der Waals surface area contributed by atoms with E-state index in [4.69, 9.17) is 4.74 Å². The van der Waals surface area contributed by atoms with E-state index in [1.54, 1.807) is 12.1 Å². The van der Waals surface area contributed by atoms with Gasteiger partial charge in [0.05, 0.1) is 11.8 Å². The summed E-state index contributed by atoms with van der Waals surface area (Å²) in [6.07, 6.45) is 0.348. The zero-order chi connectivity index (χ0) is 16.7. The molecule has 0 aromatic heterocycles. The number of hydrogen-bond acceptors (Lipinski definition) is 3. The minimum Gasteiger partial charge on any atom is -0.489 e. The maximum Gasteiger partial charge on any atom is 0.226 e. The number of benzene rings is 2. The van der Waals surface area contributed by atoms with Crippen LogP contribution in [-0.2, 0) is 4.79 Å². The van der Waals surface area contributed by atoms with Crippen molar-refractivity contribution in [2.75, 3.05) is 17.2 Å². The van der Waals surface area contributed by atoms with E-state index >= 15 is 0 Å². The summed E-state index contributed by atoms with van der Waals surface area (Å²) in [7, 11) is 0. The Hall–Kier alpha value is -2.56. The largest absolute Gasteiger partial charge is 0.489 e. The van der Waals surface area contributed by atoms with Crippen LogP contribution in [0.4, 0.5) is 15.8 Å². The van der Waals surface area contributed by atoms with Crippen LogP contribution in [-0.4, -0.2) is 18.6 Å². The van der Waals surface area contributed by atoms with Crippen molar-refractivity contribution in [3.8, 4) is 5.75 Å². The van der Waals surface area contributed by atoms with Gasteiger partial charge in [-0.15, -0.1) is 0 Å². The van der Waals surface area contributed by atoms with E-state index in [-0.39, 0.29) is 24.2 Å². The number of para-hydroxylation sites is 2. The van der Waals surface area contributed by atoms with Crippen molar-refractivity contribution < 1.29 is 13.9 Å². The summed E-state index contributed by atoms with van der Waals surface area (Å²) >= 11 is 0. The molecule has 0 bridgehead atoms. The number of carbonyl (C=O) groups excluding carboxylic acids is 1. The molecular formula is C18H21FN2O2. The topological polar surface area (TPSA) is 50.4 Å². The SMILES string of the molecule is CC(C)Oc1ccccc1NCCC(=O)Nc1cccc(F)c1. The quantitative estimate of drug-likeness (QED) is 0.810. The van der Waals surface area contributed by atoms with Gasteiger partial charge in [-0.1, -0.05) is 18.2 Å². The van der Waals surface area contributed by atoms with Crippen LogP contribution >= 0.6 is 0 Å². The zero-order valence-electron chi connectivity index (χ0n) is 13.3. The average molecular weight is 316 g/mol. The highest BCUT2D eigenvalue weighted by atomic mass is 19.1. The number of amides is 1. The minimum atomic E-state index is -0.374. The fourth-order valence-corrected chi connectivity index (χ4v) is 2.07. The van der Waals surface area contributed by atoms with Gasteiger partial charge in [0.25, 0.3) is 0 Å². The second-order valence-corrected chi connectivity index (χ2v) is 5.40. The summed E-state index contributed by atoms with van der Waals surface area (Å²) in [6.45, 7) is 4.38. The van der Waals surface area contributed by atoms with Gasteiger partial charge in [-0.25, -0.2) is 4.39 Å². The van der Waals surface area contributed by atoms with E-state index in [1.807, 2.05) is 38.1 Å². The fraction of sp³-hybridized carbons (Fsp3) is 0.278. The second-order valence-electron chi connectivity index (χ2n) is 5.40. The molecular weight excluding hydrogens is 295 g/mol. The molecule has 0 aliphatic rings. The first-order chi connectivity index (χ1) is 11.0. The molecule has 0 aliphatic carbocycles. The number of nitrogens with one attached hydrogen (secondary N) is 2. The maximum absolute atomic E-state index is 13.1. The Bertz CT molecular complexity index is 659. The number of ether oxygens (including phenoxy) is 1. The van der Waals surface area contributed by atoms with Crippen molar-refractivity contribution in [2.45, 2.75) is 26.4 Å². The Labute approximate surface area is 135 Å². The highest BCUT2D eigenvalue weighted by Crippen LogP contribution is 2.24. The third-order valence-corrected chi connectivity index (χ3v) is 3.03. The number of halogens is 1. The van der Waals surface area contributed by atoms with Crippen LogP contribution in [0, 0.1) is 5.82 Å². The van der Waals surface area contributed by atoms with Gasteiger partial charge in [0.1, 0.15) is 11.6 Å². The Morgan fingerprint density at radius 3 is 2.70 bits per heavy atom. The summed E-state index contributed by atoms with van der Waals surface area (Å²) in [6, 6.07) is 13.4. The molecule has 0 saturated heterocycles. The normalized spacial score (nSPS) is 10.4. The third-order valence-electron chi connectivity index (χ3n) is 3.03. The molecule has 0 atom stereocenters. The predicted octanol–water partition coefficient (Wildman–Crippen LogP) is 4.05. The molecule has 1 amide bonds. The molecule has 5 heteroatoms. The van der Waals surface area contributed by atoms with Crippen LogP contribution in [0.2, 0.25) is 0 Å². The van der Waals surface area contributed by atoms with Crippen molar-refractivity contribution >= 4 is 17.3 Å². The number of rotatable bonds is 7. The first-order valence-corrected chi connectivity index (χ1v) is 7.59. The van der Waals surface area contributed by atoms with Crippen molar-refractivity contribution in [2.24, 2.45) is 0 Å². The first-order valence-electron chi connectivity index (χ1n) is 7.59. The van der Waals surface area contributed by atoms with Crippen molar-refractivity contribution in [3.63, 3.8) is 0 Å². The molecule has 0 heterocycles. The number of hydrogen-bond donors (Lipinski definition) is 2. The molecule has 2 aromatic carbocycles. The van der Waals surface area contributed by atoms with Crippen LogP contribution in [0.1, 0.15) is 20.3 Å².